The molecule has 0 saturated carbocycles. The minimum atomic E-state index is -3.88. The van der Waals surface area contributed by atoms with E-state index in [1.54, 1.807) is 48.2 Å². The molecule has 180 valence electrons. The molecule has 8 heteroatoms. The number of carbonyl (C=O) groups is 1. The fraction of sp³-hybridized carbons (Fsp3) is 0.480. The summed E-state index contributed by atoms with van der Waals surface area (Å²) in [5, 5.41) is 2.91. The van der Waals surface area contributed by atoms with Crippen LogP contribution in [-0.4, -0.2) is 58.2 Å². The van der Waals surface area contributed by atoms with Crippen LogP contribution in [0, 0.1) is 12.8 Å². The number of likely N-dealkylation sites (tertiary alicyclic amines) is 1. The van der Waals surface area contributed by atoms with Gasteiger partial charge in [-0.05, 0) is 94.4 Å². The molecule has 0 atom stereocenters. The summed E-state index contributed by atoms with van der Waals surface area (Å²) in [5.74, 6) is 0.500. The zero-order chi connectivity index (χ0) is 23.8. The molecule has 0 bridgehead atoms. The highest BCUT2D eigenvalue weighted by atomic mass is 32.2. The maximum Gasteiger partial charge on any atom is 0.264 e. The van der Waals surface area contributed by atoms with Crippen molar-refractivity contribution in [3.63, 3.8) is 0 Å². The van der Waals surface area contributed by atoms with Crippen molar-refractivity contribution in [3.8, 4) is 0 Å². The Balaban J connectivity index is 1.65. The Bertz CT molecular complexity index is 1000. The van der Waals surface area contributed by atoms with Crippen LogP contribution in [0.4, 0.5) is 5.69 Å². The summed E-state index contributed by atoms with van der Waals surface area (Å²) in [6, 6.07) is 14.0. The van der Waals surface area contributed by atoms with Gasteiger partial charge >= 0.3 is 0 Å². The standard InChI is InChI=1S/C25H35N3O3S2/c1-20-5-7-22(8-6-20)28(33(30,31)24-11-9-23(32-3)10-12-24)19-25(29)26-15-4-16-27-17-13-21(2)14-18-27/h5-12,21H,4,13-19H2,1-3H3,(H,26,29). The quantitative estimate of drug-likeness (QED) is 0.401. The van der Waals surface area contributed by atoms with Crippen molar-refractivity contribution in [3.05, 3.63) is 54.1 Å². The molecule has 1 N–H and O–H groups in total. The van der Waals surface area contributed by atoms with Gasteiger partial charge in [0, 0.05) is 11.4 Å². The van der Waals surface area contributed by atoms with Crippen LogP contribution in [0.25, 0.3) is 0 Å². The van der Waals surface area contributed by atoms with Gasteiger partial charge in [0.1, 0.15) is 6.54 Å². The van der Waals surface area contributed by atoms with E-state index in [0.29, 0.717) is 12.2 Å². The van der Waals surface area contributed by atoms with Crippen molar-refractivity contribution in [2.45, 2.75) is 42.9 Å². The smallest absolute Gasteiger partial charge is 0.264 e. The number of benzene rings is 2. The number of thioether (sulfide) groups is 1. The number of anilines is 1. The van der Waals surface area contributed by atoms with Gasteiger partial charge in [-0.2, -0.15) is 0 Å². The third-order valence-electron chi connectivity index (χ3n) is 6.11. The topological polar surface area (TPSA) is 69.7 Å². The lowest BCUT2D eigenvalue weighted by Gasteiger charge is -2.30. The number of rotatable bonds is 10. The molecule has 0 unspecified atom stereocenters. The van der Waals surface area contributed by atoms with E-state index in [9.17, 15) is 13.2 Å². The van der Waals surface area contributed by atoms with E-state index in [1.165, 1.54) is 17.1 Å². The van der Waals surface area contributed by atoms with Crippen LogP contribution in [-0.2, 0) is 14.8 Å². The molecule has 0 aliphatic carbocycles. The summed E-state index contributed by atoms with van der Waals surface area (Å²) in [5.41, 5.74) is 1.50. The normalized spacial score (nSPS) is 15.4. The Morgan fingerprint density at radius 2 is 1.73 bits per heavy atom. The van der Waals surface area contributed by atoms with Gasteiger partial charge in [-0.25, -0.2) is 8.42 Å². The van der Waals surface area contributed by atoms with Gasteiger partial charge in [-0.3, -0.25) is 9.10 Å². The second kappa shape index (κ2) is 11.9. The summed E-state index contributed by atoms with van der Waals surface area (Å²) < 4.78 is 28.1. The average molecular weight is 490 g/mol. The minimum absolute atomic E-state index is 0.174. The zero-order valence-electron chi connectivity index (χ0n) is 19.8. The van der Waals surface area contributed by atoms with Gasteiger partial charge < -0.3 is 10.2 Å². The molecule has 1 aliphatic heterocycles. The number of carbonyl (C=O) groups excluding carboxylic acids is 1. The van der Waals surface area contributed by atoms with Gasteiger partial charge in [0.05, 0.1) is 10.6 Å². The van der Waals surface area contributed by atoms with Crippen LogP contribution >= 0.6 is 11.8 Å². The highest BCUT2D eigenvalue weighted by Crippen LogP contribution is 2.25. The van der Waals surface area contributed by atoms with Crippen LogP contribution < -0.4 is 9.62 Å². The predicted octanol–water partition coefficient (Wildman–Crippen LogP) is 4.15. The Labute approximate surface area is 202 Å². The Morgan fingerprint density at radius 1 is 1.09 bits per heavy atom. The number of nitrogens with zero attached hydrogens (tertiary/aromatic N) is 2. The molecule has 0 aromatic heterocycles. The van der Waals surface area contributed by atoms with E-state index in [0.717, 1.165) is 42.4 Å². The molecule has 1 fully saturated rings. The van der Waals surface area contributed by atoms with Crippen LogP contribution in [0.1, 0.15) is 31.7 Å². The highest BCUT2D eigenvalue weighted by Gasteiger charge is 2.27. The summed E-state index contributed by atoms with van der Waals surface area (Å²) >= 11 is 1.55. The van der Waals surface area contributed by atoms with Crippen molar-refractivity contribution in [1.29, 1.82) is 0 Å². The maximum absolute atomic E-state index is 13.4. The highest BCUT2D eigenvalue weighted by molar-refractivity contribution is 7.98. The van der Waals surface area contributed by atoms with Gasteiger partial charge in [-0.1, -0.05) is 24.6 Å². The molecule has 1 saturated heterocycles. The van der Waals surface area contributed by atoms with Crippen LogP contribution in [0.3, 0.4) is 0 Å². The van der Waals surface area contributed by atoms with E-state index >= 15 is 0 Å². The SMILES string of the molecule is CSc1ccc(S(=O)(=O)N(CC(=O)NCCCN2CCC(C)CC2)c2ccc(C)cc2)cc1. The molecule has 6 nitrogen and oxygen atoms in total. The van der Waals surface area contributed by atoms with Crippen molar-refractivity contribution < 1.29 is 13.2 Å². The Hall–Kier alpha value is -2.03. The molecule has 0 radical (unpaired) electrons. The molecule has 1 amide bonds. The van der Waals surface area contributed by atoms with E-state index in [1.807, 2.05) is 25.3 Å². The lowest BCUT2D eigenvalue weighted by molar-refractivity contribution is -0.119. The average Bonchev–Trinajstić information content (AvgIpc) is 2.82. The third kappa shape index (κ3) is 7.22. The minimum Gasteiger partial charge on any atom is -0.354 e. The number of sulfonamides is 1. The molecule has 33 heavy (non-hydrogen) atoms. The first kappa shape index (κ1) is 25.6. The number of nitrogens with one attached hydrogen (secondary N) is 1. The molecule has 2 aromatic rings. The molecular formula is C25H35N3O3S2. The number of hydrogen-bond donors (Lipinski definition) is 1. The number of piperidine rings is 1. The number of hydrogen-bond acceptors (Lipinski definition) is 5. The van der Waals surface area contributed by atoms with Crippen LogP contribution in [0.5, 0.6) is 0 Å². The predicted molar refractivity (Wildman–Crippen MR) is 136 cm³/mol. The molecule has 0 spiro atoms. The van der Waals surface area contributed by atoms with Crippen molar-refractivity contribution in [2.24, 2.45) is 5.92 Å². The van der Waals surface area contributed by atoms with E-state index < -0.39 is 10.0 Å². The van der Waals surface area contributed by atoms with E-state index in [4.69, 9.17) is 0 Å². The number of amides is 1. The molecule has 2 aromatic carbocycles. The Kier molecular flexibility index (Phi) is 9.23. The second-order valence-corrected chi connectivity index (χ2v) is 11.5. The monoisotopic (exact) mass is 489 g/mol. The Morgan fingerprint density at radius 3 is 2.33 bits per heavy atom. The number of aryl methyl sites for hydroxylation is 1. The van der Waals surface area contributed by atoms with Gasteiger partial charge in [0.25, 0.3) is 10.0 Å². The first-order valence-electron chi connectivity index (χ1n) is 11.5. The first-order valence-corrected chi connectivity index (χ1v) is 14.2. The summed E-state index contributed by atoms with van der Waals surface area (Å²) in [6.07, 6.45) is 5.26. The molecular weight excluding hydrogens is 454 g/mol. The van der Waals surface area contributed by atoms with E-state index in [2.05, 4.69) is 17.1 Å². The maximum atomic E-state index is 13.4. The van der Waals surface area contributed by atoms with E-state index in [-0.39, 0.29) is 17.3 Å². The largest absolute Gasteiger partial charge is 0.354 e. The van der Waals surface area contributed by atoms with Crippen molar-refractivity contribution in [1.82, 2.24) is 10.2 Å². The molecule has 3 rings (SSSR count). The second-order valence-electron chi connectivity index (χ2n) is 8.75. The first-order chi connectivity index (χ1) is 15.8. The van der Waals surface area contributed by atoms with Crippen molar-refractivity contribution >= 4 is 33.4 Å². The summed E-state index contributed by atoms with van der Waals surface area (Å²) in [4.78, 5) is 16.3. The molecule has 1 aliphatic rings. The lowest BCUT2D eigenvalue weighted by Crippen LogP contribution is -2.42. The van der Waals surface area contributed by atoms with Gasteiger partial charge in [0.2, 0.25) is 5.91 Å². The third-order valence-corrected chi connectivity index (χ3v) is 8.64. The van der Waals surface area contributed by atoms with Crippen LogP contribution in [0.15, 0.2) is 58.3 Å². The summed E-state index contributed by atoms with van der Waals surface area (Å²) in [7, 11) is -3.88. The van der Waals surface area contributed by atoms with Gasteiger partial charge in [0.15, 0.2) is 0 Å². The fourth-order valence-electron chi connectivity index (χ4n) is 3.90. The molecule has 1 heterocycles. The fourth-order valence-corrected chi connectivity index (χ4v) is 5.73. The van der Waals surface area contributed by atoms with Gasteiger partial charge in [-0.15, -0.1) is 11.8 Å². The zero-order valence-corrected chi connectivity index (χ0v) is 21.4. The van der Waals surface area contributed by atoms with Crippen molar-refractivity contribution in [2.75, 3.05) is 43.3 Å². The summed E-state index contributed by atoms with van der Waals surface area (Å²) in [6.45, 7) is 7.70. The van der Waals surface area contributed by atoms with Crippen LogP contribution in [0.2, 0.25) is 0 Å². The lowest BCUT2D eigenvalue weighted by atomic mass is 9.99.